The van der Waals surface area contributed by atoms with E-state index in [1.807, 2.05) is 12.1 Å². The summed E-state index contributed by atoms with van der Waals surface area (Å²) in [6.45, 7) is 25.0. The normalized spacial score (nSPS) is 12.6. The SMILES string of the molecule is CC1(C)c2ccccc2-c2ccc(N(c3ccc(-c4ccc5ccc6ccccc6c5c4)cc3)c3cccc(-c4ccc5ccc6ccccc6c5c4)c3)cc21.CC1(C)c2ccccc2-c2ccc(Nc3ccc(-c4ccc5ccc6ccccc6c5c4)cc3)cc21.CCCCC.CCCCC.Cc1ccc2c(c1)C(C)(C)c1ccccc1-2.Clc1ccc(-c2ccc3ccc4ccccc4c3c2)cc1.[3H][B]P.[B]. The molecule has 2 nitrogen and oxygen atoms in total. The van der Waals surface area contributed by atoms with Gasteiger partial charge in [-0.2, -0.15) is 9.12 Å². The van der Waals surface area contributed by atoms with Crippen LogP contribution in [-0.4, -0.2) is 17.3 Å². The molecular weight excluding hydrogens is 1750 g/mol. The molecule has 1 unspecified atom stereocenters. The monoisotopic (exact) mass is 1870 g/mol. The highest BCUT2D eigenvalue weighted by Crippen LogP contribution is 2.54. The molecule has 0 bridgehead atoms. The van der Waals surface area contributed by atoms with Gasteiger partial charge in [0.05, 0.1) is 0 Å². The minimum Gasteiger partial charge on any atom is -0.356 e. The highest BCUT2D eigenvalue weighted by atomic mass is 35.5. The van der Waals surface area contributed by atoms with Gasteiger partial charge in [-0.3, -0.25) is 0 Å². The zero-order chi connectivity index (χ0) is 98.2. The van der Waals surface area contributed by atoms with E-state index < -0.39 is 0 Å². The number of halogens is 1. The maximum Gasteiger partial charge on any atom is 0.116 e. The first-order valence-corrected chi connectivity index (χ1v) is 51.2. The smallest absolute Gasteiger partial charge is 0.116 e. The molecule has 694 valence electrons. The lowest BCUT2D eigenvalue weighted by Crippen LogP contribution is -2.16. The van der Waals surface area contributed by atoms with Crippen LogP contribution in [0.3, 0.4) is 0 Å². The van der Waals surface area contributed by atoms with E-state index in [0.29, 0.717) is 0 Å². The van der Waals surface area contributed by atoms with E-state index in [1.165, 1.54) is 249 Å². The largest absolute Gasteiger partial charge is 0.356 e. The minimum absolute atomic E-state index is 0. The van der Waals surface area contributed by atoms with Crippen LogP contribution >= 0.6 is 20.7 Å². The minimum atomic E-state index is -0.104. The first kappa shape index (κ1) is 96.3. The van der Waals surface area contributed by atoms with Gasteiger partial charge in [0.25, 0.3) is 0 Å². The molecule has 1 N–H and O–H groups in total. The van der Waals surface area contributed by atoms with Crippen molar-refractivity contribution in [2.75, 3.05) is 10.2 Å². The molecule has 0 aromatic heterocycles. The van der Waals surface area contributed by atoms with Gasteiger partial charge in [-0.05, 0) is 303 Å². The fourth-order valence-corrected chi connectivity index (χ4v) is 21.6. The number of rotatable bonds is 13. The zero-order valence-electron chi connectivity index (χ0n) is 84.4. The predicted molar refractivity (Wildman–Crippen MR) is 627 cm³/mol. The molecule has 0 fully saturated rings. The Kier molecular flexibility index (Phi) is 29.0. The molecule has 1 atom stereocenters. The first-order valence-electron chi connectivity index (χ1n) is 50.7. The van der Waals surface area contributed by atoms with Gasteiger partial charge in [-0.15, -0.1) is 0 Å². The number of hydrogen-bond acceptors (Lipinski definition) is 2. The number of hydrogen-bond donors (Lipinski definition) is 1. The van der Waals surface area contributed by atoms with Gasteiger partial charge in [-0.25, -0.2) is 0 Å². The molecule has 22 aromatic carbocycles. The maximum absolute atomic E-state index is 6.05. The quantitative estimate of drug-likeness (QED) is 0.0703. The Morgan fingerprint density at radius 1 is 0.254 bits per heavy atom. The lowest BCUT2D eigenvalue weighted by molar-refractivity contribution is 0.660. The van der Waals surface area contributed by atoms with E-state index in [-0.39, 0.29) is 24.7 Å². The topological polar surface area (TPSA) is 15.3 Å². The number of aryl methyl sites for hydroxylation is 1. The summed E-state index contributed by atoms with van der Waals surface area (Å²) < 4.78 is 6.05. The molecule has 4 radical (unpaired) electrons. The van der Waals surface area contributed by atoms with Crippen LogP contribution in [0.2, 0.25) is 5.02 Å². The summed E-state index contributed by atoms with van der Waals surface area (Å²) in [5.74, 6) is 0. The zero-order valence-corrected chi connectivity index (χ0v) is 85.4. The fourth-order valence-electron chi connectivity index (χ4n) is 21.5. The van der Waals surface area contributed by atoms with Crippen molar-refractivity contribution in [3.8, 4) is 77.9 Å². The summed E-state index contributed by atoms with van der Waals surface area (Å²) in [6, 6.07) is 161. The van der Waals surface area contributed by atoms with Crippen LogP contribution in [0.4, 0.5) is 28.4 Å². The summed E-state index contributed by atoms with van der Waals surface area (Å²) >= 11 is 5.97. The molecular formula is C136H122B2ClN2P. The molecule has 3 aliphatic rings. The van der Waals surface area contributed by atoms with Gasteiger partial charge in [0, 0.05) is 58.1 Å². The average molecular weight is 1870 g/mol. The van der Waals surface area contributed by atoms with Gasteiger partial charge in [-0.1, -0.05) is 471 Å². The first-order chi connectivity index (χ1) is 69.2. The van der Waals surface area contributed by atoms with Crippen molar-refractivity contribution < 1.29 is 0 Å². The second-order valence-electron chi connectivity index (χ2n) is 39.3. The van der Waals surface area contributed by atoms with E-state index in [1.54, 1.807) is 0 Å². The van der Waals surface area contributed by atoms with E-state index >= 15 is 0 Å². The van der Waals surface area contributed by atoms with Crippen LogP contribution in [0, 0.1) is 6.92 Å². The summed E-state index contributed by atoms with van der Waals surface area (Å²) in [5, 5.41) is 24.9. The Morgan fingerprint density at radius 3 is 0.915 bits per heavy atom. The molecule has 0 amide bonds. The molecule has 22 aromatic rings. The summed E-state index contributed by atoms with van der Waals surface area (Å²) in [4.78, 5) is 2.43. The highest BCUT2D eigenvalue weighted by Gasteiger charge is 2.38. The van der Waals surface area contributed by atoms with Gasteiger partial charge in [0.15, 0.2) is 0 Å². The van der Waals surface area contributed by atoms with E-state index in [9.17, 15) is 0 Å². The Morgan fingerprint density at radius 2 is 0.528 bits per heavy atom. The third-order valence-corrected chi connectivity index (χ3v) is 29.4. The third kappa shape index (κ3) is 19.7. The predicted octanol–water partition coefficient (Wildman–Crippen LogP) is 39.4. The van der Waals surface area contributed by atoms with E-state index in [4.69, 9.17) is 12.9 Å². The number of unbranched alkanes of at least 4 members (excludes halogenated alkanes) is 4. The Bertz CT molecular complexity index is 8360. The van der Waals surface area contributed by atoms with E-state index in [0.717, 1.165) is 33.5 Å². The van der Waals surface area contributed by atoms with Gasteiger partial charge in [0.1, 0.15) is 7.53 Å². The molecule has 25 rings (SSSR count). The number of fused-ring (bicyclic) bond motifs is 21. The molecule has 142 heavy (non-hydrogen) atoms. The Balaban J connectivity index is 0.000000132. The van der Waals surface area contributed by atoms with Crippen LogP contribution in [0.5, 0.6) is 0 Å². The van der Waals surface area contributed by atoms with Crippen LogP contribution in [0.1, 0.15) is 147 Å². The lowest BCUT2D eigenvalue weighted by Gasteiger charge is -2.28. The number of benzene rings is 22. The van der Waals surface area contributed by atoms with E-state index in [2.05, 4.69) is 526 Å². The summed E-state index contributed by atoms with van der Waals surface area (Å²) in [5.41, 5.74) is 33.3. The summed E-state index contributed by atoms with van der Waals surface area (Å²) in [7, 11) is 3.29. The van der Waals surface area contributed by atoms with Gasteiger partial charge in [0.2, 0.25) is 0 Å². The van der Waals surface area contributed by atoms with Gasteiger partial charge >= 0.3 is 0 Å². The second kappa shape index (κ2) is 42.8. The van der Waals surface area contributed by atoms with Crippen LogP contribution in [0.25, 0.3) is 164 Å². The summed E-state index contributed by atoms with van der Waals surface area (Å²) in [6.07, 6.45) is 8.15. The van der Waals surface area contributed by atoms with Crippen LogP contribution < -0.4 is 10.2 Å². The van der Waals surface area contributed by atoms with Crippen molar-refractivity contribution in [1.29, 1.82) is 1.34 Å². The number of nitrogens with zero attached hydrogens (tertiary/aromatic N) is 1. The number of anilines is 5. The molecule has 3 aliphatic carbocycles. The molecule has 0 spiro atoms. The molecule has 0 aliphatic heterocycles. The maximum atomic E-state index is 6.05. The van der Waals surface area contributed by atoms with Crippen molar-refractivity contribution in [1.82, 2.24) is 0 Å². The van der Waals surface area contributed by atoms with Crippen molar-refractivity contribution in [2.24, 2.45) is 0 Å². The molecule has 0 saturated carbocycles. The lowest BCUT2D eigenvalue weighted by atomic mass is 9.82. The second-order valence-corrected chi connectivity index (χ2v) is 39.7. The van der Waals surface area contributed by atoms with Crippen molar-refractivity contribution in [3.63, 3.8) is 0 Å². The van der Waals surface area contributed by atoms with Crippen LogP contribution in [0.15, 0.2) is 443 Å². The van der Waals surface area contributed by atoms with Crippen molar-refractivity contribution in [3.05, 3.63) is 487 Å². The Labute approximate surface area is 852 Å². The van der Waals surface area contributed by atoms with Crippen molar-refractivity contribution >= 4 is 151 Å². The molecule has 0 saturated heterocycles. The Hall–Kier alpha value is -14.6. The third-order valence-electron chi connectivity index (χ3n) is 29.1. The molecule has 0 heterocycles. The average Bonchev–Trinajstić information content (AvgIpc) is 1.58. The fraction of sp³-hybridized carbons (Fsp3) is 0.147. The number of nitrogens with one attached hydrogen (secondary N) is 1. The standard InChI is InChI=1S/C55H39N.C35H27N.C20H13Cl.C16H16.2C5H12.BH3P.B/c1-55(2)53-17-8-7-16-49(53)50-31-30-46(35-54(50)55)56(44-28-26-36(27-29-44)42-24-22-39-20-18-37-10-3-5-14-47(37)51(39)33-42)45-13-9-12-41(32-45)43-25-23-40-21-19-38-11-4-6-15-48(38)52(40)34-43;1-35(2)33-10-6-5-9-30(33)31-20-19-28(22-34(31)35)36-27-17-15-23(16-18-27)26-14-13-25-12-11-24-7-3-4-8-29(24)32(25)21-26;21-18-11-9-14(10-12-18)17-8-7-16-6-5-15-3-1-2-4-19(15)20(16)13-17;1-11-8-9-13-12-6-4-5-7-14(12)16(2,3)15(13)10-11;2*1-3-5-4-2;1-2;/h3-35H,1-2H3;3-22,36H,1-2H3;1-13H;4-10H,1-3H3;2*3-5H2,1-2H3;1H,2H2;/i;;;;;;1T;. The highest BCUT2D eigenvalue weighted by molar-refractivity contribution is 7.49. The van der Waals surface area contributed by atoms with Crippen molar-refractivity contribution in [2.45, 2.75) is 131 Å². The van der Waals surface area contributed by atoms with Gasteiger partial charge < -0.3 is 10.2 Å². The van der Waals surface area contributed by atoms with Crippen LogP contribution in [-0.2, 0) is 16.2 Å². The molecule has 6 heteroatoms.